The minimum absolute atomic E-state index is 0.0527. The van der Waals surface area contributed by atoms with Crippen molar-refractivity contribution in [3.8, 4) is 11.5 Å². The van der Waals surface area contributed by atoms with Gasteiger partial charge in [0.2, 0.25) is 5.76 Å². The van der Waals surface area contributed by atoms with Crippen LogP contribution in [-0.2, 0) is 16.1 Å². The Morgan fingerprint density at radius 3 is 2.68 bits per heavy atom. The fourth-order valence-electron chi connectivity index (χ4n) is 2.75. The van der Waals surface area contributed by atoms with Crippen LogP contribution in [0.4, 0.5) is 5.69 Å². The Kier molecular flexibility index (Phi) is 5.29. The number of fused-ring (bicyclic) bond motifs is 1. The summed E-state index contributed by atoms with van der Waals surface area (Å²) in [4.78, 5) is 27.4. The molecule has 3 heterocycles. The van der Waals surface area contributed by atoms with Gasteiger partial charge in [-0.25, -0.2) is 4.79 Å². The van der Waals surface area contributed by atoms with Crippen molar-refractivity contribution >= 4 is 28.9 Å². The third-order valence-electron chi connectivity index (χ3n) is 4.08. The molecule has 0 unspecified atom stereocenters. The van der Waals surface area contributed by atoms with E-state index in [-0.39, 0.29) is 11.7 Å². The van der Waals surface area contributed by atoms with Gasteiger partial charge in [-0.15, -0.1) is 11.3 Å². The van der Waals surface area contributed by atoms with E-state index in [1.807, 2.05) is 17.5 Å². The molecule has 144 valence electrons. The van der Waals surface area contributed by atoms with Gasteiger partial charge in [-0.05, 0) is 35.7 Å². The molecule has 0 saturated carbocycles. The molecule has 1 aromatic carbocycles. The number of benzene rings is 1. The SMILES string of the molecule is O=C(OCC(=O)N(Cc1cccs1)c1ccc2c(c1)OCCO2)c1ccco1. The Hall–Kier alpha value is -3.26. The number of hydrogen-bond acceptors (Lipinski definition) is 7. The number of anilines is 1. The standard InChI is InChI=1S/C20H17NO6S/c22-19(13-27-20(23)17-4-1-7-24-17)21(12-15-3-2-10-28-15)14-5-6-16-18(11-14)26-9-8-25-16/h1-7,10-11H,8-9,12-13H2. The predicted octanol–water partition coefficient (Wildman–Crippen LogP) is 3.50. The average Bonchev–Trinajstić information content (AvgIpc) is 3.44. The maximum atomic E-state index is 12.9. The van der Waals surface area contributed by atoms with E-state index in [4.69, 9.17) is 18.6 Å². The van der Waals surface area contributed by atoms with Gasteiger partial charge in [-0.3, -0.25) is 4.79 Å². The van der Waals surface area contributed by atoms with Crippen molar-refractivity contribution in [2.24, 2.45) is 0 Å². The number of carbonyl (C=O) groups excluding carboxylic acids is 2. The molecule has 0 bridgehead atoms. The fourth-order valence-corrected chi connectivity index (χ4v) is 3.45. The van der Waals surface area contributed by atoms with Crippen LogP contribution in [0, 0.1) is 0 Å². The summed E-state index contributed by atoms with van der Waals surface area (Å²) in [5.74, 6) is 0.238. The second-order valence-corrected chi connectivity index (χ2v) is 6.97. The topological polar surface area (TPSA) is 78.2 Å². The molecular formula is C20H17NO6S. The van der Waals surface area contributed by atoms with Crippen LogP contribution in [-0.4, -0.2) is 31.7 Å². The largest absolute Gasteiger partial charge is 0.486 e. The van der Waals surface area contributed by atoms with Gasteiger partial charge in [0.1, 0.15) is 13.2 Å². The van der Waals surface area contributed by atoms with Crippen LogP contribution in [0.5, 0.6) is 11.5 Å². The van der Waals surface area contributed by atoms with Gasteiger partial charge in [0.15, 0.2) is 18.1 Å². The van der Waals surface area contributed by atoms with Crippen molar-refractivity contribution in [2.75, 3.05) is 24.7 Å². The molecule has 0 aliphatic carbocycles. The number of amides is 1. The molecule has 1 aliphatic rings. The molecule has 7 nitrogen and oxygen atoms in total. The Bertz CT molecular complexity index is 951. The zero-order chi connectivity index (χ0) is 19.3. The van der Waals surface area contributed by atoms with Crippen molar-refractivity contribution in [3.63, 3.8) is 0 Å². The number of hydrogen-bond donors (Lipinski definition) is 0. The molecule has 4 rings (SSSR count). The first-order valence-corrected chi connectivity index (χ1v) is 9.52. The molecule has 0 N–H and O–H groups in total. The van der Waals surface area contributed by atoms with E-state index < -0.39 is 12.6 Å². The monoisotopic (exact) mass is 399 g/mol. The molecule has 0 radical (unpaired) electrons. The quantitative estimate of drug-likeness (QED) is 0.591. The molecule has 8 heteroatoms. The molecule has 0 spiro atoms. The first-order valence-electron chi connectivity index (χ1n) is 8.64. The zero-order valence-corrected chi connectivity index (χ0v) is 15.6. The van der Waals surface area contributed by atoms with Crippen molar-refractivity contribution < 1.29 is 28.2 Å². The highest BCUT2D eigenvalue weighted by Gasteiger charge is 2.22. The Labute approximate surface area is 165 Å². The lowest BCUT2D eigenvalue weighted by Gasteiger charge is -2.25. The van der Waals surface area contributed by atoms with Gasteiger partial charge in [0.05, 0.1) is 12.8 Å². The highest BCUT2D eigenvalue weighted by molar-refractivity contribution is 7.09. The number of carbonyl (C=O) groups is 2. The Morgan fingerprint density at radius 2 is 1.93 bits per heavy atom. The second kappa shape index (κ2) is 8.18. The van der Waals surface area contributed by atoms with E-state index in [0.717, 1.165) is 4.88 Å². The summed E-state index contributed by atoms with van der Waals surface area (Å²) >= 11 is 1.54. The number of rotatable bonds is 6. The van der Waals surface area contributed by atoms with E-state index in [9.17, 15) is 9.59 Å². The predicted molar refractivity (Wildman–Crippen MR) is 102 cm³/mol. The third kappa shape index (κ3) is 4.01. The first-order chi connectivity index (χ1) is 13.7. The number of esters is 1. The molecule has 2 aromatic heterocycles. The van der Waals surface area contributed by atoms with Crippen LogP contribution in [0.25, 0.3) is 0 Å². The molecule has 1 amide bonds. The average molecular weight is 399 g/mol. The second-order valence-electron chi connectivity index (χ2n) is 5.94. The van der Waals surface area contributed by atoms with Crippen LogP contribution in [0.3, 0.4) is 0 Å². The number of thiophene rings is 1. The molecule has 0 saturated heterocycles. The van der Waals surface area contributed by atoms with Crippen molar-refractivity contribution in [1.29, 1.82) is 0 Å². The lowest BCUT2D eigenvalue weighted by atomic mass is 10.2. The fraction of sp³-hybridized carbons (Fsp3) is 0.200. The van der Waals surface area contributed by atoms with E-state index in [1.165, 1.54) is 12.3 Å². The minimum Gasteiger partial charge on any atom is -0.486 e. The Morgan fingerprint density at radius 1 is 1.07 bits per heavy atom. The normalized spacial score (nSPS) is 12.4. The number of furan rings is 1. The van der Waals surface area contributed by atoms with Crippen molar-refractivity contribution in [2.45, 2.75) is 6.54 Å². The van der Waals surface area contributed by atoms with E-state index in [2.05, 4.69) is 0 Å². The third-order valence-corrected chi connectivity index (χ3v) is 4.94. The van der Waals surface area contributed by atoms with Crippen molar-refractivity contribution in [3.05, 3.63) is 64.7 Å². The lowest BCUT2D eigenvalue weighted by molar-refractivity contribution is -0.121. The van der Waals surface area contributed by atoms with Crippen LogP contribution < -0.4 is 14.4 Å². The summed E-state index contributed by atoms with van der Waals surface area (Å²) in [5, 5.41) is 1.94. The summed E-state index contributed by atoms with van der Waals surface area (Å²) < 4.78 is 21.3. The van der Waals surface area contributed by atoms with Gasteiger partial charge in [-0.1, -0.05) is 6.07 Å². The molecule has 1 aliphatic heterocycles. The number of nitrogens with zero attached hydrogens (tertiary/aromatic N) is 1. The molecule has 0 atom stereocenters. The maximum Gasteiger partial charge on any atom is 0.374 e. The molecule has 28 heavy (non-hydrogen) atoms. The maximum absolute atomic E-state index is 12.9. The summed E-state index contributed by atoms with van der Waals surface area (Å²) in [7, 11) is 0. The summed E-state index contributed by atoms with van der Waals surface area (Å²) in [5.41, 5.74) is 0.636. The zero-order valence-electron chi connectivity index (χ0n) is 14.8. The van der Waals surface area contributed by atoms with E-state index in [1.54, 1.807) is 40.5 Å². The first kappa shape index (κ1) is 18.1. The van der Waals surface area contributed by atoms with Crippen LogP contribution in [0.2, 0.25) is 0 Å². The van der Waals surface area contributed by atoms with Gasteiger partial charge in [0, 0.05) is 16.6 Å². The summed E-state index contributed by atoms with van der Waals surface area (Å²) in [6.07, 6.45) is 1.37. The van der Waals surface area contributed by atoms with Crippen LogP contribution >= 0.6 is 11.3 Å². The number of ether oxygens (including phenoxy) is 3. The highest BCUT2D eigenvalue weighted by Crippen LogP contribution is 2.34. The van der Waals surface area contributed by atoms with Gasteiger partial charge in [-0.2, -0.15) is 0 Å². The highest BCUT2D eigenvalue weighted by atomic mass is 32.1. The molecular weight excluding hydrogens is 382 g/mol. The van der Waals surface area contributed by atoms with E-state index in [0.29, 0.717) is 36.9 Å². The molecule has 0 fully saturated rings. The van der Waals surface area contributed by atoms with Gasteiger partial charge in [0.25, 0.3) is 5.91 Å². The Balaban J connectivity index is 1.53. The summed E-state index contributed by atoms with van der Waals surface area (Å²) in [6, 6.07) is 12.2. The van der Waals surface area contributed by atoms with Crippen LogP contribution in [0.15, 0.2) is 58.5 Å². The lowest BCUT2D eigenvalue weighted by Crippen LogP contribution is -2.34. The summed E-state index contributed by atoms with van der Waals surface area (Å²) in [6.45, 7) is 0.900. The van der Waals surface area contributed by atoms with Gasteiger partial charge < -0.3 is 23.5 Å². The minimum atomic E-state index is -0.684. The molecule has 3 aromatic rings. The smallest absolute Gasteiger partial charge is 0.374 e. The van der Waals surface area contributed by atoms with E-state index >= 15 is 0 Å². The van der Waals surface area contributed by atoms with Gasteiger partial charge >= 0.3 is 5.97 Å². The van der Waals surface area contributed by atoms with Crippen molar-refractivity contribution in [1.82, 2.24) is 0 Å². The van der Waals surface area contributed by atoms with Crippen LogP contribution in [0.1, 0.15) is 15.4 Å².